The first kappa shape index (κ1) is 25.9. The molecule has 10 heteroatoms. The van der Waals surface area contributed by atoms with Crippen molar-refractivity contribution < 1.29 is 14.3 Å². The molecule has 2 aromatic heterocycles. The molecule has 0 fully saturated rings. The van der Waals surface area contributed by atoms with E-state index in [1.807, 2.05) is 64.5 Å². The molecule has 0 saturated carbocycles. The standard InChI is InChI=1S/C26H23BrN4O3S2/c1-3-14-31-23(18-10-12-19(27)13-11-18)29-30-26(31)36-16-21(32)28-24-22(25(33)34-4-2)20(15-35-24)17-8-6-5-7-9-17/h3,5-13,15H,1,4,14,16H2,2H3,(H,28,32). The average Bonchev–Trinajstić information content (AvgIpc) is 3.48. The number of hydrogen-bond donors (Lipinski definition) is 1. The van der Waals surface area contributed by atoms with E-state index >= 15 is 0 Å². The molecule has 0 radical (unpaired) electrons. The van der Waals surface area contributed by atoms with Crippen LogP contribution in [-0.4, -0.2) is 39.0 Å². The predicted molar refractivity (Wildman–Crippen MR) is 148 cm³/mol. The second kappa shape index (κ2) is 12.2. The Morgan fingerprint density at radius 1 is 1.14 bits per heavy atom. The molecule has 0 aliphatic carbocycles. The molecule has 36 heavy (non-hydrogen) atoms. The van der Waals surface area contributed by atoms with E-state index in [1.54, 1.807) is 13.0 Å². The lowest BCUT2D eigenvalue weighted by atomic mass is 10.0. The summed E-state index contributed by atoms with van der Waals surface area (Å²) < 4.78 is 8.16. The van der Waals surface area contributed by atoms with Crippen molar-refractivity contribution in [3.05, 3.63) is 82.7 Å². The van der Waals surface area contributed by atoms with Crippen LogP contribution in [0.1, 0.15) is 17.3 Å². The molecule has 1 N–H and O–H groups in total. The zero-order valence-electron chi connectivity index (χ0n) is 19.4. The normalized spacial score (nSPS) is 10.7. The van der Waals surface area contributed by atoms with Crippen LogP contribution in [0.5, 0.6) is 0 Å². The van der Waals surface area contributed by atoms with E-state index < -0.39 is 5.97 Å². The summed E-state index contributed by atoms with van der Waals surface area (Å²) in [5.41, 5.74) is 2.88. The number of anilines is 1. The van der Waals surface area contributed by atoms with Crippen LogP contribution in [-0.2, 0) is 16.1 Å². The Balaban J connectivity index is 1.52. The summed E-state index contributed by atoms with van der Waals surface area (Å²) in [5.74, 6) is 0.0626. The van der Waals surface area contributed by atoms with Crippen LogP contribution in [0.25, 0.3) is 22.5 Å². The number of hydrogen-bond acceptors (Lipinski definition) is 7. The predicted octanol–water partition coefficient (Wildman–Crippen LogP) is 6.53. The molecule has 184 valence electrons. The third kappa shape index (κ3) is 5.95. The lowest BCUT2D eigenvalue weighted by Gasteiger charge is -2.10. The summed E-state index contributed by atoms with van der Waals surface area (Å²) in [4.78, 5) is 25.6. The van der Waals surface area contributed by atoms with Crippen LogP contribution >= 0.6 is 39.0 Å². The van der Waals surface area contributed by atoms with Crippen molar-refractivity contribution >= 4 is 55.9 Å². The average molecular weight is 584 g/mol. The van der Waals surface area contributed by atoms with Crippen LogP contribution in [0.4, 0.5) is 5.00 Å². The van der Waals surface area contributed by atoms with E-state index in [0.29, 0.717) is 28.1 Å². The molecule has 0 bridgehead atoms. The molecule has 2 heterocycles. The van der Waals surface area contributed by atoms with Gasteiger partial charge in [-0.15, -0.1) is 28.1 Å². The van der Waals surface area contributed by atoms with Gasteiger partial charge in [0, 0.05) is 27.5 Å². The van der Waals surface area contributed by atoms with Gasteiger partial charge < -0.3 is 10.1 Å². The van der Waals surface area contributed by atoms with Crippen LogP contribution in [0.15, 0.2) is 82.3 Å². The van der Waals surface area contributed by atoms with Gasteiger partial charge in [-0.2, -0.15) is 0 Å². The molecule has 0 aliphatic heterocycles. The Morgan fingerprint density at radius 3 is 2.58 bits per heavy atom. The molecule has 4 aromatic rings. The molecular weight excluding hydrogens is 560 g/mol. The van der Waals surface area contributed by atoms with Crippen LogP contribution in [0, 0.1) is 0 Å². The van der Waals surface area contributed by atoms with Crippen LogP contribution < -0.4 is 5.32 Å². The van der Waals surface area contributed by atoms with Gasteiger partial charge in [0.05, 0.1) is 12.4 Å². The number of ether oxygens (including phenoxy) is 1. The number of thiophene rings is 1. The summed E-state index contributed by atoms with van der Waals surface area (Å²) >= 11 is 6.01. The van der Waals surface area contributed by atoms with Gasteiger partial charge in [0.25, 0.3) is 0 Å². The van der Waals surface area contributed by atoms with Crippen LogP contribution in [0.2, 0.25) is 0 Å². The van der Waals surface area contributed by atoms with Gasteiger partial charge >= 0.3 is 5.97 Å². The molecule has 2 aromatic carbocycles. The maximum atomic E-state index is 12.9. The van der Waals surface area contributed by atoms with E-state index in [1.165, 1.54) is 23.1 Å². The topological polar surface area (TPSA) is 86.1 Å². The number of aromatic nitrogens is 3. The maximum Gasteiger partial charge on any atom is 0.341 e. The second-order valence-electron chi connectivity index (χ2n) is 7.49. The lowest BCUT2D eigenvalue weighted by Crippen LogP contribution is -2.17. The zero-order chi connectivity index (χ0) is 25.5. The minimum atomic E-state index is -0.467. The number of carbonyl (C=O) groups excluding carboxylic acids is 2. The fourth-order valence-corrected chi connectivity index (χ4v) is 5.47. The Kier molecular flexibility index (Phi) is 8.74. The van der Waals surface area contributed by atoms with E-state index in [2.05, 4.69) is 38.0 Å². The van der Waals surface area contributed by atoms with Crippen molar-refractivity contribution in [3.63, 3.8) is 0 Å². The van der Waals surface area contributed by atoms with Crippen LogP contribution in [0.3, 0.4) is 0 Å². The number of benzene rings is 2. The van der Waals surface area contributed by atoms with E-state index in [4.69, 9.17) is 4.74 Å². The Bertz CT molecular complexity index is 1370. The van der Waals surface area contributed by atoms with Gasteiger partial charge in [-0.1, -0.05) is 76.2 Å². The summed E-state index contributed by atoms with van der Waals surface area (Å²) in [6.07, 6.45) is 1.76. The van der Waals surface area contributed by atoms with E-state index in [9.17, 15) is 9.59 Å². The Labute approximate surface area is 225 Å². The molecule has 1 amide bonds. The highest BCUT2D eigenvalue weighted by Crippen LogP contribution is 2.36. The first-order valence-corrected chi connectivity index (χ1v) is 13.7. The molecular formula is C26H23BrN4O3S2. The molecule has 7 nitrogen and oxygen atoms in total. The third-order valence-corrected chi connectivity index (χ3v) is 7.46. The smallest absolute Gasteiger partial charge is 0.341 e. The van der Waals surface area contributed by atoms with Crippen molar-refractivity contribution in [2.24, 2.45) is 0 Å². The van der Waals surface area contributed by atoms with Crippen molar-refractivity contribution in [3.8, 4) is 22.5 Å². The van der Waals surface area contributed by atoms with Crippen molar-refractivity contribution in [2.45, 2.75) is 18.6 Å². The number of allylic oxidation sites excluding steroid dienone is 1. The maximum absolute atomic E-state index is 12.9. The lowest BCUT2D eigenvalue weighted by molar-refractivity contribution is -0.113. The Morgan fingerprint density at radius 2 is 1.89 bits per heavy atom. The van der Waals surface area contributed by atoms with Crippen molar-refractivity contribution in [2.75, 3.05) is 17.7 Å². The van der Waals surface area contributed by atoms with Gasteiger partial charge in [0.15, 0.2) is 11.0 Å². The first-order chi connectivity index (χ1) is 17.5. The van der Waals surface area contributed by atoms with Gasteiger partial charge in [0.1, 0.15) is 10.6 Å². The van der Waals surface area contributed by atoms with E-state index in [0.717, 1.165) is 21.2 Å². The second-order valence-corrected chi connectivity index (χ2v) is 10.2. The summed E-state index contributed by atoms with van der Waals surface area (Å²) in [6.45, 7) is 6.33. The van der Waals surface area contributed by atoms with Crippen molar-refractivity contribution in [1.29, 1.82) is 0 Å². The van der Waals surface area contributed by atoms with Gasteiger partial charge in [0.2, 0.25) is 5.91 Å². The third-order valence-electron chi connectivity index (χ3n) is 5.07. The number of amides is 1. The molecule has 0 unspecified atom stereocenters. The van der Waals surface area contributed by atoms with Crippen molar-refractivity contribution in [1.82, 2.24) is 14.8 Å². The highest BCUT2D eigenvalue weighted by Gasteiger charge is 2.23. The summed E-state index contributed by atoms with van der Waals surface area (Å²) in [7, 11) is 0. The fourth-order valence-electron chi connectivity index (χ4n) is 3.48. The first-order valence-electron chi connectivity index (χ1n) is 11.1. The largest absolute Gasteiger partial charge is 0.462 e. The zero-order valence-corrected chi connectivity index (χ0v) is 22.7. The molecule has 0 aliphatic rings. The minimum Gasteiger partial charge on any atom is -0.462 e. The quantitative estimate of drug-likeness (QED) is 0.130. The Hall–Kier alpha value is -3.21. The molecule has 0 saturated heterocycles. The number of halogens is 1. The van der Waals surface area contributed by atoms with Gasteiger partial charge in [-0.05, 0) is 24.6 Å². The number of carbonyl (C=O) groups is 2. The number of nitrogens with zero attached hydrogens (tertiary/aromatic N) is 3. The highest BCUT2D eigenvalue weighted by molar-refractivity contribution is 9.10. The fraction of sp³-hybridized carbons (Fsp3) is 0.154. The number of thioether (sulfide) groups is 1. The molecule has 4 rings (SSSR count). The monoisotopic (exact) mass is 582 g/mol. The number of esters is 1. The van der Waals surface area contributed by atoms with Gasteiger partial charge in [-0.3, -0.25) is 9.36 Å². The van der Waals surface area contributed by atoms with Gasteiger partial charge in [-0.25, -0.2) is 4.79 Å². The number of rotatable bonds is 10. The summed E-state index contributed by atoms with van der Waals surface area (Å²) in [5, 5.41) is 14.4. The highest BCUT2D eigenvalue weighted by atomic mass is 79.9. The van der Waals surface area contributed by atoms with E-state index in [-0.39, 0.29) is 18.3 Å². The SMILES string of the molecule is C=CCn1c(SCC(=O)Nc2scc(-c3ccccc3)c2C(=O)OCC)nnc1-c1ccc(Br)cc1. The molecule has 0 atom stereocenters. The number of nitrogens with one attached hydrogen (secondary N) is 1. The summed E-state index contributed by atoms with van der Waals surface area (Å²) in [6, 6.07) is 17.3. The minimum absolute atomic E-state index is 0.0937. The molecule has 0 spiro atoms.